The van der Waals surface area contributed by atoms with E-state index >= 15 is 0 Å². The molecule has 0 radical (unpaired) electrons. The zero-order valence-electron chi connectivity index (χ0n) is 12.6. The van der Waals surface area contributed by atoms with Crippen LogP contribution in [0.2, 0.25) is 0 Å². The third kappa shape index (κ3) is 4.93. The molecule has 0 aliphatic rings. The van der Waals surface area contributed by atoms with Crippen LogP contribution in [0.3, 0.4) is 0 Å². The molecule has 0 bridgehead atoms. The minimum absolute atomic E-state index is 0.108. The number of likely N-dealkylation sites (N-methyl/N-ethyl adjacent to an activating group) is 1. The average molecular weight is 365 g/mol. The molecule has 116 valence electrons. The zero-order chi connectivity index (χ0) is 16.1. The van der Waals surface area contributed by atoms with Crippen LogP contribution in [-0.4, -0.2) is 24.4 Å². The molecule has 0 atom stereocenters. The molecule has 1 N–H and O–H groups in total. The normalized spacial score (nSPS) is 10.8. The number of halogens is 2. The van der Waals surface area contributed by atoms with Crippen LogP contribution in [0.15, 0.2) is 46.9 Å². The maximum Gasteiger partial charge on any atom is 0.238 e. The second kappa shape index (κ2) is 7.51. The summed E-state index contributed by atoms with van der Waals surface area (Å²) in [6, 6.07) is 12.2. The van der Waals surface area contributed by atoms with Gasteiger partial charge in [-0.1, -0.05) is 18.2 Å². The lowest BCUT2D eigenvalue weighted by Gasteiger charge is -2.17. The number of hydrogen-bond donors (Lipinski definition) is 1. The van der Waals surface area contributed by atoms with Crippen molar-refractivity contribution < 1.29 is 9.18 Å². The number of anilines is 1. The Balaban J connectivity index is 1.91. The highest BCUT2D eigenvalue weighted by atomic mass is 79.9. The van der Waals surface area contributed by atoms with Crippen LogP contribution >= 0.6 is 15.9 Å². The molecule has 5 heteroatoms. The Labute approximate surface area is 138 Å². The number of rotatable bonds is 5. The summed E-state index contributed by atoms with van der Waals surface area (Å²) >= 11 is 3.43. The Morgan fingerprint density at radius 2 is 2.05 bits per heavy atom. The van der Waals surface area contributed by atoms with Crippen molar-refractivity contribution >= 4 is 27.5 Å². The molecule has 2 rings (SSSR count). The van der Waals surface area contributed by atoms with E-state index in [-0.39, 0.29) is 18.3 Å². The number of amides is 1. The lowest BCUT2D eigenvalue weighted by Crippen LogP contribution is -2.29. The Hall–Kier alpha value is -1.72. The Morgan fingerprint density at radius 3 is 2.73 bits per heavy atom. The van der Waals surface area contributed by atoms with Crippen molar-refractivity contribution in [1.29, 1.82) is 0 Å². The van der Waals surface area contributed by atoms with Gasteiger partial charge in [-0.3, -0.25) is 9.69 Å². The summed E-state index contributed by atoms with van der Waals surface area (Å²) in [6.07, 6.45) is 0. The van der Waals surface area contributed by atoms with Crippen molar-refractivity contribution in [3.05, 3.63) is 63.9 Å². The maximum absolute atomic E-state index is 13.1. The molecule has 0 unspecified atom stereocenters. The molecule has 3 nitrogen and oxygen atoms in total. The van der Waals surface area contributed by atoms with Crippen LogP contribution < -0.4 is 5.32 Å². The summed E-state index contributed by atoms with van der Waals surface area (Å²) in [4.78, 5) is 13.9. The predicted molar refractivity (Wildman–Crippen MR) is 90.2 cm³/mol. The fraction of sp³-hybridized carbons (Fsp3) is 0.235. The van der Waals surface area contributed by atoms with E-state index in [0.29, 0.717) is 6.54 Å². The molecular weight excluding hydrogens is 347 g/mol. The number of benzene rings is 2. The predicted octanol–water partition coefficient (Wildman–Crippen LogP) is 3.97. The van der Waals surface area contributed by atoms with Crippen LogP contribution in [0.5, 0.6) is 0 Å². The average Bonchev–Trinajstić information content (AvgIpc) is 2.41. The number of nitrogens with one attached hydrogen (secondary N) is 1. The van der Waals surface area contributed by atoms with Gasteiger partial charge in [0.2, 0.25) is 5.91 Å². The Morgan fingerprint density at radius 1 is 1.27 bits per heavy atom. The molecule has 0 spiro atoms. The summed E-state index contributed by atoms with van der Waals surface area (Å²) in [7, 11) is 1.83. The molecule has 22 heavy (non-hydrogen) atoms. The second-order valence-electron chi connectivity index (χ2n) is 5.33. The first-order valence-electron chi connectivity index (χ1n) is 6.93. The lowest BCUT2D eigenvalue weighted by atomic mass is 10.2. The minimum Gasteiger partial charge on any atom is -0.324 e. The highest BCUT2D eigenvalue weighted by Crippen LogP contribution is 2.23. The lowest BCUT2D eigenvalue weighted by molar-refractivity contribution is -0.117. The number of carbonyl (C=O) groups is 1. The van der Waals surface area contributed by atoms with Gasteiger partial charge in [0, 0.05) is 11.0 Å². The van der Waals surface area contributed by atoms with Gasteiger partial charge in [-0.15, -0.1) is 0 Å². The first-order chi connectivity index (χ1) is 10.4. The highest BCUT2D eigenvalue weighted by Gasteiger charge is 2.09. The molecule has 2 aromatic carbocycles. The Bertz CT molecular complexity index is 675. The van der Waals surface area contributed by atoms with Crippen molar-refractivity contribution in [2.24, 2.45) is 0 Å². The molecule has 0 heterocycles. The van der Waals surface area contributed by atoms with Crippen LogP contribution in [0.1, 0.15) is 11.1 Å². The van der Waals surface area contributed by atoms with Crippen molar-refractivity contribution in [2.75, 3.05) is 18.9 Å². The third-order valence-corrected chi connectivity index (χ3v) is 3.81. The molecule has 2 aromatic rings. The molecule has 0 saturated carbocycles. The van der Waals surface area contributed by atoms with Crippen LogP contribution in [0.4, 0.5) is 10.1 Å². The van der Waals surface area contributed by atoms with E-state index in [4.69, 9.17) is 0 Å². The number of nitrogens with zero attached hydrogens (tertiary/aromatic N) is 1. The van der Waals surface area contributed by atoms with Gasteiger partial charge in [-0.25, -0.2) is 4.39 Å². The highest BCUT2D eigenvalue weighted by molar-refractivity contribution is 9.10. The van der Waals surface area contributed by atoms with Gasteiger partial charge in [-0.05, 0) is 65.3 Å². The van der Waals surface area contributed by atoms with E-state index in [1.165, 1.54) is 12.1 Å². The largest absolute Gasteiger partial charge is 0.324 e. The van der Waals surface area contributed by atoms with E-state index in [1.54, 1.807) is 6.07 Å². The standard InChI is InChI=1S/C17H18BrFN2O/c1-12-6-7-16(15(18)8-12)20-17(22)11-21(2)10-13-4-3-5-14(19)9-13/h3-9H,10-11H2,1-2H3,(H,20,22). The third-order valence-electron chi connectivity index (χ3n) is 3.15. The van der Waals surface area contributed by atoms with E-state index in [0.717, 1.165) is 21.3 Å². The molecule has 1 amide bonds. The fourth-order valence-electron chi connectivity index (χ4n) is 2.16. The molecular formula is C17H18BrFN2O. The first-order valence-corrected chi connectivity index (χ1v) is 7.72. The van der Waals surface area contributed by atoms with Crippen molar-refractivity contribution in [3.63, 3.8) is 0 Å². The quantitative estimate of drug-likeness (QED) is 0.870. The van der Waals surface area contributed by atoms with Crippen LogP contribution in [0.25, 0.3) is 0 Å². The number of carbonyl (C=O) groups excluding carboxylic acids is 1. The summed E-state index contributed by atoms with van der Waals surface area (Å²) in [5, 5.41) is 2.86. The van der Waals surface area contributed by atoms with Crippen LogP contribution in [0, 0.1) is 12.7 Å². The van der Waals surface area contributed by atoms with Crippen LogP contribution in [-0.2, 0) is 11.3 Å². The summed E-state index contributed by atoms with van der Waals surface area (Å²) < 4.78 is 14.0. The van der Waals surface area contributed by atoms with Gasteiger partial charge in [0.1, 0.15) is 5.82 Å². The summed E-state index contributed by atoms with van der Waals surface area (Å²) in [5.74, 6) is -0.373. The van der Waals surface area contributed by atoms with Gasteiger partial charge in [0.15, 0.2) is 0 Å². The molecule has 0 aromatic heterocycles. The van der Waals surface area contributed by atoms with Gasteiger partial charge in [0.25, 0.3) is 0 Å². The Kier molecular flexibility index (Phi) is 5.69. The topological polar surface area (TPSA) is 32.3 Å². The summed E-state index contributed by atoms with van der Waals surface area (Å²) in [6.45, 7) is 2.74. The molecule has 0 aliphatic carbocycles. The molecule has 0 aliphatic heterocycles. The number of aryl methyl sites for hydroxylation is 1. The van der Waals surface area contributed by atoms with Gasteiger partial charge in [-0.2, -0.15) is 0 Å². The van der Waals surface area contributed by atoms with Crippen molar-refractivity contribution in [1.82, 2.24) is 4.90 Å². The van der Waals surface area contributed by atoms with Crippen molar-refractivity contribution in [3.8, 4) is 0 Å². The van der Waals surface area contributed by atoms with E-state index < -0.39 is 0 Å². The SMILES string of the molecule is Cc1ccc(NC(=O)CN(C)Cc2cccc(F)c2)c(Br)c1. The maximum atomic E-state index is 13.1. The minimum atomic E-state index is -0.265. The monoisotopic (exact) mass is 364 g/mol. The number of hydrogen-bond acceptors (Lipinski definition) is 2. The van der Waals surface area contributed by atoms with Gasteiger partial charge >= 0.3 is 0 Å². The smallest absolute Gasteiger partial charge is 0.238 e. The van der Waals surface area contributed by atoms with E-state index in [2.05, 4.69) is 21.2 Å². The van der Waals surface area contributed by atoms with E-state index in [1.807, 2.05) is 43.1 Å². The van der Waals surface area contributed by atoms with Gasteiger partial charge < -0.3 is 5.32 Å². The molecule has 0 saturated heterocycles. The summed E-state index contributed by atoms with van der Waals surface area (Å²) in [5.41, 5.74) is 2.70. The van der Waals surface area contributed by atoms with Gasteiger partial charge in [0.05, 0.1) is 12.2 Å². The first kappa shape index (κ1) is 16.6. The second-order valence-corrected chi connectivity index (χ2v) is 6.19. The van der Waals surface area contributed by atoms with E-state index in [9.17, 15) is 9.18 Å². The zero-order valence-corrected chi connectivity index (χ0v) is 14.2. The fourth-order valence-corrected chi connectivity index (χ4v) is 2.75. The molecule has 0 fully saturated rings. The van der Waals surface area contributed by atoms with Crippen molar-refractivity contribution in [2.45, 2.75) is 13.5 Å².